The van der Waals surface area contributed by atoms with Crippen molar-refractivity contribution in [3.8, 4) is 11.5 Å². The maximum atomic E-state index is 13.2. The van der Waals surface area contributed by atoms with E-state index in [2.05, 4.69) is 5.32 Å². The Morgan fingerprint density at radius 2 is 1.53 bits per heavy atom. The molecule has 0 bridgehead atoms. The zero-order valence-electron chi connectivity index (χ0n) is 18.6. The van der Waals surface area contributed by atoms with Gasteiger partial charge in [0.1, 0.15) is 23.0 Å². The van der Waals surface area contributed by atoms with Crippen LogP contribution in [0.3, 0.4) is 0 Å². The molecule has 34 heavy (non-hydrogen) atoms. The van der Waals surface area contributed by atoms with Gasteiger partial charge in [0, 0.05) is 17.3 Å². The number of ether oxygens (including phenoxy) is 2. The average Bonchev–Trinajstić information content (AvgIpc) is 3.57. The smallest absolute Gasteiger partial charge is 0.262 e. The summed E-state index contributed by atoms with van der Waals surface area (Å²) in [5.41, 5.74) is 1.09. The first-order valence-electron chi connectivity index (χ1n) is 10.6. The highest BCUT2D eigenvalue weighted by Gasteiger charge is 2.19. The minimum absolute atomic E-state index is 0.173. The molecular weight excluding hydrogens is 436 g/mol. The number of furan rings is 2. The van der Waals surface area contributed by atoms with E-state index in [1.807, 2.05) is 12.1 Å². The van der Waals surface area contributed by atoms with E-state index >= 15 is 0 Å². The van der Waals surface area contributed by atoms with Gasteiger partial charge in [-0.15, -0.1) is 0 Å². The second kappa shape index (κ2) is 10.9. The van der Waals surface area contributed by atoms with E-state index in [-0.39, 0.29) is 18.4 Å². The van der Waals surface area contributed by atoms with E-state index in [1.54, 1.807) is 85.2 Å². The second-order valence-corrected chi connectivity index (χ2v) is 7.41. The van der Waals surface area contributed by atoms with Crippen LogP contribution in [-0.2, 0) is 17.9 Å². The first-order chi connectivity index (χ1) is 16.6. The number of carbonyl (C=O) groups is 2. The van der Waals surface area contributed by atoms with Gasteiger partial charge in [0.25, 0.3) is 11.8 Å². The average molecular weight is 460 g/mol. The van der Waals surface area contributed by atoms with Crippen LogP contribution in [0.25, 0.3) is 0 Å². The maximum absolute atomic E-state index is 13.2. The molecule has 2 amide bonds. The number of rotatable bonds is 10. The molecule has 8 nitrogen and oxygen atoms in total. The van der Waals surface area contributed by atoms with Crippen molar-refractivity contribution in [3.05, 3.63) is 102 Å². The van der Waals surface area contributed by atoms with Gasteiger partial charge >= 0.3 is 0 Å². The Balaban J connectivity index is 1.36. The van der Waals surface area contributed by atoms with Crippen molar-refractivity contribution in [2.75, 3.05) is 19.0 Å². The number of nitrogens with one attached hydrogen (secondary N) is 1. The van der Waals surface area contributed by atoms with Gasteiger partial charge in [0.2, 0.25) is 0 Å². The van der Waals surface area contributed by atoms with Crippen LogP contribution in [0.2, 0.25) is 0 Å². The molecule has 1 N–H and O–H groups in total. The number of hydrogen-bond donors (Lipinski definition) is 1. The Morgan fingerprint density at radius 1 is 0.853 bits per heavy atom. The summed E-state index contributed by atoms with van der Waals surface area (Å²) in [6.07, 6.45) is 3.14. The Bertz CT molecular complexity index is 1160. The van der Waals surface area contributed by atoms with Gasteiger partial charge in [-0.3, -0.25) is 9.59 Å². The van der Waals surface area contributed by atoms with Crippen LogP contribution in [0.15, 0.2) is 94.2 Å². The van der Waals surface area contributed by atoms with Crippen LogP contribution in [-0.4, -0.2) is 30.4 Å². The molecule has 174 valence electrons. The molecule has 2 aromatic carbocycles. The highest BCUT2D eigenvalue weighted by molar-refractivity contribution is 5.94. The van der Waals surface area contributed by atoms with Gasteiger partial charge in [-0.05, 0) is 60.7 Å². The van der Waals surface area contributed by atoms with Crippen LogP contribution in [0.5, 0.6) is 11.5 Å². The van der Waals surface area contributed by atoms with Gasteiger partial charge in [0.15, 0.2) is 6.61 Å². The molecule has 0 aliphatic carbocycles. The Labute approximate surface area is 196 Å². The Hall–Kier alpha value is -4.46. The molecule has 0 saturated heterocycles. The molecule has 8 heteroatoms. The molecule has 4 aromatic rings. The van der Waals surface area contributed by atoms with E-state index in [4.69, 9.17) is 18.3 Å². The van der Waals surface area contributed by atoms with Gasteiger partial charge in [0.05, 0.1) is 32.7 Å². The lowest BCUT2D eigenvalue weighted by atomic mass is 10.2. The highest BCUT2D eigenvalue weighted by atomic mass is 16.5. The molecule has 0 atom stereocenters. The summed E-state index contributed by atoms with van der Waals surface area (Å²) in [6, 6.07) is 20.9. The van der Waals surface area contributed by atoms with Crippen molar-refractivity contribution >= 4 is 17.5 Å². The van der Waals surface area contributed by atoms with Crippen LogP contribution in [0.1, 0.15) is 21.9 Å². The number of benzene rings is 2. The number of carbonyl (C=O) groups excluding carboxylic acids is 2. The van der Waals surface area contributed by atoms with Crippen molar-refractivity contribution in [2.24, 2.45) is 0 Å². The van der Waals surface area contributed by atoms with Gasteiger partial charge in [-0.1, -0.05) is 6.07 Å². The molecule has 2 heterocycles. The van der Waals surface area contributed by atoms with E-state index in [9.17, 15) is 9.59 Å². The van der Waals surface area contributed by atoms with Crippen LogP contribution in [0, 0.1) is 0 Å². The zero-order valence-corrected chi connectivity index (χ0v) is 18.6. The van der Waals surface area contributed by atoms with E-state index in [0.29, 0.717) is 47.4 Å². The molecule has 0 unspecified atom stereocenters. The van der Waals surface area contributed by atoms with Crippen molar-refractivity contribution in [3.63, 3.8) is 0 Å². The van der Waals surface area contributed by atoms with Crippen molar-refractivity contribution < 1.29 is 27.9 Å². The minimum atomic E-state index is -0.309. The number of amides is 2. The molecular formula is C26H24N2O6. The number of hydrogen-bond acceptors (Lipinski definition) is 6. The fraction of sp³-hybridized carbons (Fsp3) is 0.154. The molecule has 0 saturated carbocycles. The molecule has 0 spiro atoms. The third-order valence-corrected chi connectivity index (χ3v) is 4.97. The fourth-order valence-electron chi connectivity index (χ4n) is 3.30. The van der Waals surface area contributed by atoms with Crippen molar-refractivity contribution in [1.29, 1.82) is 0 Å². The quantitative estimate of drug-likeness (QED) is 0.367. The van der Waals surface area contributed by atoms with Crippen molar-refractivity contribution in [1.82, 2.24) is 4.90 Å². The fourth-order valence-corrected chi connectivity index (χ4v) is 3.30. The lowest BCUT2D eigenvalue weighted by molar-refractivity contribution is -0.118. The third kappa shape index (κ3) is 6.07. The minimum Gasteiger partial charge on any atom is -0.497 e. The Kier molecular flexibility index (Phi) is 7.29. The third-order valence-electron chi connectivity index (χ3n) is 4.97. The molecule has 0 radical (unpaired) electrons. The first-order valence-corrected chi connectivity index (χ1v) is 10.6. The molecule has 0 aliphatic heterocycles. The summed E-state index contributed by atoms with van der Waals surface area (Å²) in [5.74, 6) is 1.96. The molecule has 0 aliphatic rings. The molecule has 4 rings (SSSR count). The summed E-state index contributed by atoms with van der Waals surface area (Å²) in [4.78, 5) is 27.0. The van der Waals surface area contributed by atoms with Crippen LogP contribution in [0.4, 0.5) is 5.69 Å². The summed E-state index contributed by atoms with van der Waals surface area (Å²) in [7, 11) is 1.56. The van der Waals surface area contributed by atoms with Gasteiger partial charge < -0.3 is 28.5 Å². The number of anilines is 1. The number of methoxy groups -OCH3 is 1. The van der Waals surface area contributed by atoms with Crippen molar-refractivity contribution in [2.45, 2.75) is 13.1 Å². The second-order valence-electron chi connectivity index (χ2n) is 7.41. The topological polar surface area (TPSA) is 94.1 Å². The standard InChI is InChI=1S/C26H24N2O6/c1-31-22-6-2-5-20(15-22)27-25(29)18-34-21-11-9-19(10-12-21)26(30)28(16-23-7-3-13-32-23)17-24-8-4-14-33-24/h2-15H,16-18H2,1H3,(H,27,29). The van der Waals surface area contributed by atoms with E-state index in [0.717, 1.165) is 0 Å². The summed E-state index contributed by atoms with van der Waals surface area (Å²) in [6.45, 7) is 0.429. The molecule has 2 aromatic heterocycles. The first kappa shape index (κ1) is 22.7. The molecule has 0 fully saturated rings. The van der Waals surface area contributed by atoms with E-state index < -0.39 is 0 Å². The highest BCUT2D eigenvalue weighted by Crippen LogP contribution is 2.19. The summed E-state index contributed by atoms with van der Waals surface area (Å²) < 4.78 is 21.5. The van der Waals surface area contributed by atoms with Crippen LogP contribution < -0.4 is 14.8 Å². The largest absolute Gasteiger partial charge is 0.497 e. The Morgan fingerprint density at radius 3 is 2.12 bits per heavy atom. The summed E-state index contributed by atoms with van der Waals surface area (Å²) in [5, 5.41) is 2.75. The lowest BCUT2D eigenvalue weighted by Gasteiger charge is -2.21. The predicted molar refractivity (Wildman–Crippen MR) is 125 cm³/mol. The predicted octanol–water partition coefficient (Wildman–Crippen LogP) is 4.74. The number of nitrogens with zero attached hydrogens (tertiary/aromatic N) is 1. The van der Waals surface area contributed by atoms with Crippen LogP contribution >= 0.6 is 0 Å². The SMILES string of the molecule is COc1cccc(NC(=O)COc2ccc(C(=O)N(Cc3ccco3)Cc3ccco3)cc2)c1. The zero-order chi connectivity index (χ0) is 23.8. The maximum Gasteiger partial charge on any atom is 0.262 e. The van der Waals surface area contributed by atoms with E-state index in [1.165, 1.54) is 0 Å². The van der Waals surface area contributed by atoms with Gasteiger partial charge in [-0.25, -0.2) is 0 Å². The lowest BCUT2D eigenvalue weighted by Crippen LogP contribution is -2.29. The summed E-state index contributed by atoms with van der Waals surface area (Å²) >= 11 is 0. The van der Waals surface area contributed by atoms with Gasteiger partial charge in [-0.2, -0.15) is 0 Å². The normalized spacial score (nSPS) is 10.5. The monoisotopic (exact) mass is 460 g/mol.